The van der Waals surface area contributed by atoms with Crippen LogP contribution in [0.1, 0.15) is 28.6 Å². The zero-order valence-corrected chi connectivity index (χ0v) is 15.2. The van der Waals surface area contributed by atoms with Crippen molar-refractivity contribution in [1.82, 2.24) is 10.2 Å². The number of rotatable bonds is 4. The average Bonchev–Trinajstić information content (AvgIpc) is 3.29. The van der Waals surface area contributed by atoms with Crippen LogP contribution in [0.2, 0.25) is 5.02 Å². The van der Waals surface area contributed by atoms with E-state index in [4.69, 9.17) is 16.0 Å². The number of hydrogen-bond donors (Lipinski definition) is 1. The minimum atomic E-state index is -0.437. The molecule has 2 heterocycles. The van der Waals surface area contributed by atoms with Crippen LogP contribution in [0.15, 0.2) is 52.9 Å². The Kier molecular flexibility index (Phi) is 4.79. The van der Waals surface area contributed by atoms with Gasteiger partial charge < -0.3 is 9.32 Å². The molecule has 1 atom stereocenters. The molecule has 1 aliphatic heterocycles. The number of carbonyl (C=O) groups is 2. The van der Waals surface area contributed by atoms with Crippen molar-refractivity contribution < 1.29 is 18.4 Å². The first-order valence-corrected chi connectivity index (χ1v) is 8.83. The maximum absolute atomic E-state index is 13.1. The van der Waals surface area contributed by atoms with Gasteiger partial charge in [0, 0.05) is 29.2 Å². The molecular weight excluding hydrogens is 387 g/mol. The summed E-state index contributed by atoms with van der Waals surface area (Å²) in [6.07, 6.45) is 0.182. The summed E-state index contributed by atoms with van der Waals surface area (Å²) >= 11 is 5.88. The Hall–Kier alpha value is -3.26. The molecular formula is C19H14ClFN4O3. The van der Waals surface area contributed by atoms with E-state index >= 15 is 0 Å². The molecule has 0 spiro atoms. The normalized spacial score (nSPS) is 16.4. The molecule has 1 aliphatic rings. The van der Waals surface area contributed by atoms with Gasteiger partial charge in [-0.3, -0.25) is 14.9 Å². The predicted octanol–water partition coefficient (Wildman–Crippen LogP) is 3.63. The fourth-order valence-corrected chi connectivity index (χ4v) is 3.18. The zero-order chi connectivity index (χ0) is 19.7. The van der Waals surface area contributed by atoms with Crippen LogP contribution in [0.3, 0.4) is 0 Å². The number of benzene rings is 2. The van der Waals surface area contributed by atoms with E-state index in [0.717, 1.165) is 0 Å². The van der Waals surface area contributed by atoms with Gasteiger partial charge in [-0.1, -0.05) is 22.8 Å². The van der Waals surface area contributed by atoms with Crippen LogP contribution in [0, 0.1) is 5.82 Å². The third-order valence-corrected chi connectivity index (χ3v) is 4.60. The maximum atomic E-state index is 13.1. The molecule has 0 aliphatic carbocycles. The fraction of sp³-hybridized carbons (Fsp3) is 0.158. The van der Waals surface area contributed by atoms with Crippen molar-refractivity contribution in [2.45, 2.75) is 12.3 Å². The SMILES string of the molecule is O=C(Nc1nnc(C2CC(=O)N(c3ccc(F)cc3)C2)o1)c1cccc(Cl)c1. The number of anilines is 2. The summed E-state index contributed by atoms with van der Waals surface area (Å²) in [5, 5.41) is 10.7. The van der Waals surface area contributed by atoms with E-state index in [1.165, 1.54) is 18.2 Å². The Morgan fingerprint density at radius 2 is 2.00 bits per heavy atom. The van der Waals surface area contributed by atoms with E-state index in [-0.39, 0.29) is 36.0 Å². The topological polar surface area (TPSA) is 88.3 Å². The van der Waals surface area contributed by atoms with E-state index in [1.807, 2.05) is 0 Å². The zero-order valence-electron chi connectivity index (χ0n) is 14.4. The van der Waals surface area contributed by atoms with Gasteiger partial charge in [-0.05, 0) is 42.5 Å². The third-order valence-electron chi connectivity index (χ3n) is 4.36. The number of amides is 2. The average molecular weight is 401 g/mol. The number of nitrogens with zero attached hydrogens (tertiary/aromatic N) is 3. The lowest BCUT2D eigenvalue weighted by Crippen LogP contribution is -2.24. The summed E-state index contributed by atoms with van der Waals surface area (Å²) in [5.74, 6) is -1.00. The second kappa shape index (κ2) is 7.40. The Morgan fingerprint density at radius 1 is 1.21 bits per heavy atom. The highest BCUT2D eigenvalue weighted by Crippen LogP contribution is 2.31. The van der Waals surface area contributed by atoms with Crippen LogP contribution < -0.4 is 10.2 Å². The van der Waals surface area contributed by atoms with Crippen LogP contribution in [-0.2, 0) is 4.79 Å². The number of hydrogen-bond acceptors (Lipinski definition) is 5. The fourth-order valence-electron chi connectivity index (χ4n) is 2.99. The van der Waals surface area contributed by atoms with E-state index < -0.39 is 5.91 Å². The molecule has 1 fully saturated rings. The van der Waals surface area contributed by atoms with Gasteiger partial charge in [0.25, 0.3) is 5.91 Å². The van der Waals surface area contributed by atoms with Crippen LogP contribution >= 0.6 is 11.6 Å². The van der Waals surface area contributed by atoms with Crippen LogP contribution in [0.25, 0.3) is 0 Å². The molecule has 2 amide bonds. The van der Waals surface area contributed by atoms with Crippen molar-refractivity contribution in [1.29, 1.82) is 0 Å². The molecule has 7 nitrogen and oxygen atoms in total. The largest absolute Gasteiger partial charge is 0.407 e. The van der Waals surface area contributed by atoms with Crippen LogP contribution in [0.5, 0.6) is 0 Å². The lowest BCUT2D eigenvalue weighted by molar-refractivity contribution is -0.117. The van der Waals surface area contributed by atoms with E-state index in [0.29, 0.717) is 22.8 Å². The number of aromatic nitrogens is 2. The highest BCUT2D eigenvalue weighted by molar-refractivity contribution is 6.31. The molecule has 0 saturated carbocycles. The third kappa shape index (κ3) is 3.72. The van der Waals surface area contributed by atoms with Crippen molar-refractivity contribution >= 4 is 35.1 Å². The molecule has 9 heteroatoms. The predicted molar refractivity (Wildman–Crippen MR) is 99.8 cm³/mol. The first-order chi connectivity index (χ1) is 13.5. The van der Waals surface area contributed by atoms with Gasteiger partial charge in [0.15, 0.2) is 0 Å². The highest BCUT2D eigenvalue weighted by Gasteiger charge is 2.35. The van der Waals surface area contributed by atoms with Gasteiger partial charge >= 0.3 is 6.01 Å². The van der Waals surface area contributed by atoms with Gasteiger partial charge in [-0.25, -0.2) is 4.39 Å². The lowest BCUT2D eigenvalue weighted by atomic mass is 10.1. The molecule has 142 valence electrons. The summed E-state index contributed by atoms with van der Waals surface area (Å²) in [7, 11) is 0. The number of nitrogens with one attached hydrogen (secondary N) is 1. The summed E-state index contributed by atoms with van der Waals surface area (Å²) in [6, 6.07) is 12.1. The summed E-state index contributed by atoms with van der Waals surface area (Å²) in [6.45, 7) is 0.328. The smallest absolute Gasteiger partial charge is 0.322 e. The second-order valence-electron chi connectivity index (χ2n) is 6.29. The Balaban J connectivity index is 1.45. The molecule has 1 N–H and O–H groups in total. The first-order valence-electron chi connectivity index (χ1n) is 8.46. The molecule has 0 radical (unpaired) electrons. The van der Waals surface area contributed by atoms with E-state index in [9.17, 15) is 14.0 Å². The molecule has 0 bridgehead atoms. The van der Waals surface area contributed by atoms with Gasteiger partial charge in [-0.2, -0.15) is 0 Å². The van der Waals surface area contributed by atoms with E-state index in [1.54, 1.807) is 35.2 Å². The number of halogens is 2. The minimum absolute atomic E-state index is 0.0624. The summed E-state index contributed by atoms with van der Waals surface area (Å²) < 4.78 is 18.6. The molecule has 28 heavy (non-hydrogen) atoms. The minimum Gasteiger partial charge on any atom is -0.407 e. The van der Waals surface area contributed by atoms with Gasteiger partial charge in [0.05, 0.1) is 5.92 Å². The summed E-state index contributed by atoms with van der Waals surface area (Å²) in [4.78, 5) is 26.1. The van der Waals surface area contributed by atoms with Gasteiger partial charge in [0.2, 0.25) is 11.8 Å². The van der Waals surface area contributed by atoms with Crippen molar-refractivity contribution in [3.05, 3.63) is 70.8 Å². The van der Waals surface area contributed by atoms with Crippen LogP contribution in [-0.4, -0.2) is 28.6 Å². The monoisotopic (exact) mass is 400 g/mol. The Morgan fingerprint density at radius 3 is 2.75 bits per heavy atom. The quantitative estimate of drug-likeness (QED) is 0.722. The van der Waals surface area contributed by atoms with Gasteiger partial charge in [0.1, 0.15) is 5.82 Å². The van der Waals surface area contributed by atoms with Crippen molar-refractivity contribution in [2.24, 2.45) is 0 Å². The Bertz CT molecular complexity index is 1040. The molecule has 4 rings (SSSR count). The molecule has 1 unspecified atom stereocenters. The van der Waals surface area contributed by atoms with Crippen LogP contribution in [0.4, 0.5) is 16.1 Å². The molecule has 2 aromatic carbocycles. The molecule has 1 saturated heterocycles. The lowest BCUT2D eigenvalue weighted by Gasteiger charge is -2.15. The second-order valence-corrected chi connectivity index (χ2v) is 6.73. The Labute approximate surface area is 164 Å². The maximum Gasteiger partial charge on any atom is 0.322 e. The van der Waals surface area contributed by atoms with E-state index in [2.05, 4.69) is 15.5 Å². The van der Waals surface area contributed by atoms with Crippen molar-refractivity contribution in [2.75, 3.05) is 16.8 Å². The highest BCUT2D eigenvalue weighted by atomic mass is 35.5. The first kappa shape index (κ1) is 18.1. The van der Waals surface area contributed by atoms with Crippen molar-refractivity contribution in [3.8, 4) is 0 Å². The summed E-state index contributed by atoms with van der Waals surface area (Å²) in [5.41, 5.74) is 0.952. The van der Waals surface area contributed by atoms with Gasteiger partial charge in [-0.15, -0.1) is 5.10 Å². The molecule has 3 aromatic rings. The standard InChI is InChI=1S/C19H14ClFN4O3/c20-13-3-1-2-11(8-13)17(27)22-19-24-23-18(28-19)12-9-16(26)25(10-12)15-6-4-14(21)5-7-15/h1-8,12H,9-10H2,(H,22,24,27). The van der Waals surface area contributed by atoms with Crippen molar-refractivity contribution in [3.63, 3.8) is 0 Å². The molecule has 1 aromatic heterocycles. The number of carbonyl (C=O) groups excluding carboxylic acids is 2.